The number of benzene rings is 1. The highest BCUT2D eigenvalue weighted by molar-refractivity contribution is 5.85. The molecule has 1 fully saturated rings. The highest BCUT2D eigenvalue weighted by Crippen LogP contribution is 2.64. The second kappa shape index (κ2) is 4.57. The minimum atomic E-state index is -0.703. The largest absolute Gasteiger partial charge is 0.497 e. The summed E-state index contributed by atoms with van der Waals surface area (Å²) in [5, 5.41) is 9.10. The number of ether oxygens (including phenoxy) is 1. The third-order valence-corrected chi connectivity index (χ3v) is 3.57. The summed E-state index contributed by atoms with van der Waals surface area (Å²) in [7, 11) is 1.62. The van der Waals surface area contributed by atoms with E-state index in [1.54, 1.807) is 7.11 Å². The molecule has 3 nitrogen and oxygen atoms in total. The third kappa shape index (κ3) is 2.25. The maximum absolute atomic E-state index is 11.1. The molecule has 0 radical (unpaired) electrons. The first-order valence-electron chi connectivity index (χ1n) is 5.35. The average molecular weight is 257 g/mol. The summed E-state index contributed by atoms with van der Waals surface area (Å²) in [5.41, 5.74) is 0.943. The monoisotopic (exact) mass is 256 g/mol. The van der Waals surface area contributed by atoms with E-state index in [1.807, 2.05) is 38.1 Å². The standard InChI is InChI=1S/C13H16O3.ClH/c1-13(2)10(11(13)12(14)15)8-4-6-9(16-3)7-5-8;/h4-7,10-11H,1-3H3,(H,14,15);1H/t10-,11+;/m0./s1. The van der Waals surface area contributed by atoms with Gasteiger partial charge in [-0.3, -0.25) is 4.79 Å². The van der Waals surface area contributed by atoms with E-state index >= 15 is 0 Å². The molecule has 1 N–H and O–H groups in total. The Balaban J connectivity index is 0.00000144. The first-order chi connectivity index (χ1) is 7.48. The molecule has 94 valence electrons. The van der Waals surface area contributed by atoms with Crippen LogP contribution in [0.5, 0.6) is 5.75 Å². The number of carbonyl (C=O) groups is 1. The molecule has 2 atom stereocenters. The third-order valence-electron chi connectivity index (χ3n) is 3.57. The molecule has 17 heavy (non-hydrogen) atoms. The Labute approximate surface area is 107 Å². The lowest BCUT2D eigenvalue weighted by Gasteiger charge is -2.04. The van der Waals surface area contributed by atoms with Crippen molar-refractivity contribution in [1.82, 2.24) is 0 Å². The van der Waals surface area contributed by atoms with Crippen LogP contribution in [0.25, 0.3) is 0 Å². The average Bonchev–Trinajstić information content (AvgIpc) is 2.82. The van der Waals surface area contributed by atoms with Crippen LogP contribution in [0.3, 0.4) is 0 Å². The molecule has 0 bridgehead atoms. The first-order valence-corrected chi connectivity index (χ1v) is 5.35. The molecule has 1 aromatic carbocycles. The van der Waals surface area contributed by atoms with Crippen molar-refractivity contribution in [3.8, 4) is 5.75 Å². The van der Waals surface area contributed by atoms with Crippen LogP contribution in [0.2, 0.25) is 0 Å². The van der Waals surface area contributed by atoms with Gasteiger partial charge in [0.25, 0.3) is 0 Å². The quantitative estimate of drug-likeness (QED) is 0.905. The number of methoxy groups -OCH3 is 1. The van der Waals surface area contributed by atoms with E-state index in [-0.39, 0.29) is 29.7 Å². The zero-order valence-corrected chi connectivity index (χ0v) is 11.0. The Morgan fingerprint density at radius 2 is 1.82 bits per heavy atom. The Morgan fingerprint density at radius 1 is 1.29 bits per heavy atom. The molecule has 0 aromatic heterocycles. The molecule has 0 unspecified atom stereocenters. The summed E-state index contributed by atoms with van der Waals surface area (Å²) in [5.74, 6) is -0.0447. The van der Waals surface area contributed by atoms with Crippen molar-refractivity contribution in [2.45, 2.75) is 19.8 Å². The summed E-state index contributed by atoms with van der Waals surface area (Å²) in [6, 6.07) is 7.66. The number of rotatable bonds is 3. The molecular formula is C13H17ClO3. The van der Waals surface area contributed by atoms with Crippen molar-refractivity contribution >= 4 is 18.4 Å². The lowest BCUT2D eigenvalue weighted by atomic mass is 10.0. The van der Waals surface area contributed by atoms with Gasteiger partial charge in [-0.2, -0.15) is 0 Å². The van der Waals surface area contributed by atoms with Crippen LogP contribution in [0.4, 0.5) is 0 Å². The Morgan fingerprint density at radius 3 is 2.18 bits per heavy atom. The van der Waals surface area contributed by atoms with E-state index in [0.29, 0.717) is 0 Å². The number of carboxylic acid groups (broad SMARTS) is 1. The predicted molar refractivity (Wildman–Crippen MR) is 67.9 cm³/mol. The lowest BCUT2D eigenvalue weighted by Crippen LogP contribution is -2.03. The van der Waals surface area contributed by atoms with Gasteiger partial charge in [-0.1, -0.05) is 26.0 Å². The molecule has 0 amide bonds. The molecule has 4 heteroatoms. The van der Waals surface area contributed by atoms with Gasteiger partial charge in [0.05, 0.1) is 13.0 Å². The summed E-state index contributed by atoms with van der Waals surface area (Å²) in [4.78, 5) is 11.1. The molecule has 0 spiro atoms. The maximum Gasteiger partial charge on any atom is 0.307 e. The van der Waals surface area contributed by atoms with Crippen LogP contribution in [-0.2, 0) is 4.79 Å². The van der Waals surface area contributed by atoms with E-state index in [0.717, 1.165) is 11.3 Å². The normalized spacial score (nSPS) is 24.6. The van der Waals surface area contributed by atoms with Crippen molar-refractivity contribution in [2.24, 2.45) is 11.3 Å². The highest BCUT2D eigenvalue weighted by atomic mass is 35.5. The fraction of sp³-hybridized carbons (Fsp3) is 0.462. The predicted octanol–water partition coefficient (Wildman–Crippen LogP) is 2.94. The van der Waals surface area contributed by atoms with Crippen LogP contribution in [0.1, 0.15) is 25.3 Å². The molecule has 0 heterocycles. The number of halogens is 1. The van der Waals surface area contributed by atoms with Crippen molar-refractivity contribution in [1.29, 1.82) is 0 Å². The fourth-order valence-electron chi connectivity index (χ4n) is 2.53. The summed E-state index contributed by atoms with van der Waals surface area (Å²) < 4.78 is 5.08. The van der Waals surface area contributed by atoms with Crippen molar-refractivity contribution < 1.29 is 14.6 Å². The maximum atomic E-state index is 11.1. The second-order valence-corrected chi connectivity index (χ2v) is 4.89. The van der Waals surface area contributed by atoms with Crippen LogP contribution in [0.15, 0.2) is 24.3 Å². The van der Waals surface area contributed by atoms with E-state index in [9.17, 15) is 4.79 Å². The molecule has 0 saturated heterocycles. The van der Waals surface area contributed by atoms with Gasteiger partial charge in [0.2, 0.25) is 0 Å². The number of hydrogen-bond donors (Lipinski definition) is 1. The zero-order chi connectivity index (χ0) is 11.9. The second-order valence-electron chi connectivity index (χ2n) is 4.89. The molecular weight excluding hydrogens is 240 g/mol. The van der Waals surface area contributed by atoms with Gasteiger partial charge in [0.15, 0.2) is 0 Å². The van der Waals surface area contributed by atoms with Gasteiger partial charge in [-0.25, -0.2) is 0 Å². The van der Waals surface area contributed by atoms with Gasteiger partial charge in [0, 0.05) is 5.92 Å². The van der Waals surface area contributed by atoms with E-state index < -0.39 is 5.97 Å². The summed E-state index contributed by atoms with van der Waals surface area (Å²) in [6.45, 7) is 4.00. The molecule has 1 aliphatic carbocycles. The van der Waals surface area contributed by atoms with Gasteiger partial charge < -0.3 is 9.84 Å². The van der Waals surface area contributed by atoms with Gasteiger partial charge >= 0.3 is 5.97 Å². The fourth-order valence-corrected chi connectivity index (χ4v) is 2.53. The van der Waals surface area contributed by atoms with Crippen LogP contribution in [-0.4, -0.2) is 18.2 Å². The van der Waals surface area contributed by atoms with Crippen molar-refractivity contribution in [2.75, 3.05) is 7.11 Å². The minimum absolute atomic E-state index is 0. The molecule has 1 aliphatic rings. The van der Waals surface area contributed by atoms with Crippen molar-refractivity contribution in [3.05, 3.63) is 29.8 Å². The smallest absolute Gasteiger partial charge is 0.307 e. The number of hydrogen-bond acceptors (Lipinski definition) is 2. The Bertz CT molecular complexity index is 411. The Hall–Kier alpha value is -1.22. The van der Waals surface area contributed by atoms with E-state index in [4.69, 9.17) is 9.84 Å². The summed E-state index contributed by atoms with van der Waals surface area (Å²) in [6.07, 6.45) is 0. The highest BCUT2D eigenvalue weighted by Gasteiger charge is 2.62. The van der Waals surface area contributed by atoms with Crippen molar-refractivity contribution in [3.63, 3.8) is 0 Å². The number of carboxylic acids is 1. The molecule has 1 saturated carbocycles. The van der Waals surface area contributed by atoms with E-state index in [2.05, 4.69) is 0 Å². The minimum Gasteiger partial charge on any atom is -0.497 e. The molecule has 0 aliphatic heterocycles. The molecule has 2 rings (SSSR count). The van der Waals surface area contributed by atoms with Crippen LogP contribution < -0.4 is 4.74 Å². The molecule has 1 aromatic rings. The SMILES string of the molecule is COc1ccc([C@H]2[C@H](C(=O)O)C2(C)C)cc1.Cl. The van der Waals surface area contributed by atoms with E-state index in [1.165, 1.54) is 0 Å². The van der Waals surface area contributed by atoms with Gasteiger partial charge in [-0.05, 0) is 23.1 Å². The zero-order valence-electron chi connectivity index (χ0n) is 10.1. The summed E-state index contributed by atoms with van der Waals surface area (Å²) >= 11 is 0. The number of aliphatic carboxylic acids is 1. The first kappa shape index (κ1) is 13.8. The van der Waals surface area contributed by atoms with Gasteiger partial charge in [-0.15, -0.1) is 12.4 Å². The topological polar surface area (TPSA) is 46.5 Å². The van der Waals surface area contributed by atoms with Gasteiger partial charge in [0.1, 0.15) is 5.75 Å². The Kier molecular flexibility index (Phi) is 3.72. The van der Waals surface area contributed by atoms with Crippen LogP contribution >= 0.6 is 12.4 Å². The van der Waals surface area contributed by atoms with Crippen LogP contribution in [0, 0.1) is 11.3 Å². The lowest BCUT2D eigenvalue weighted by molar-refractivity contribution is -0.139.